The maximum atomic E-state index is 13.0. The number of esters is 1. The van der Waals surface area contributed by atoms with Crippen LogP contribution >= 0.6 is 0 Å². The zero-order valence-corrected chi connectivity index (χ0v) is 20.5. The summed E-state index contributed by atoms with van der Waals surface area (Å²) in [6.07, 6.45) is 4.87. The van der Waals surface area contributed by atoms with Crippen molar-refractivity contribution >= 4 is 29.4 Å². The molecule has 0 bridgehead atoms. The van der Waals surface area contributed by atoms with Gasteiger partial charge in [-0.25, -0.2) is 9.99 Å². The molecule has 2 aromatic heterocycles. The number of fused-ring (bicyclic) bond motifs is 2. The first-order valence-corrected chi connectivity index (χ1v) is 11.5. The van der Waals surface area contributed by atoms with Crippen molar-refractivity contribution in [3.8, 4) is 6.07 Å². The van der Waals surface area contributed by atoms with Crippen LogP contribution < -0.4 is 5.01 Å². The fourth-order valence-corrected chi connectivity index (χ4v) is 4.32. The molecule has 0 saturated heterocycles. The van der Waals surface area contributed by atoms with Gasteiger partial charge in [0.05, 0.1) is 23.4 Å². The highest BCUT2D eigenvalue weighted by molar-refractivity contribution is 6.02. The summed E-state index contributed by atoms with van der Waals surface area (Å²) in [5, 5.41) is 15.7. The van der Waals surface area contributed by atoms with Crippen LogP contribution in [0.4, 0.5) is 5.82 Å². The lowest BCUT2D eigenvalue weighted by Crippen LogP contribution is -2.43. The van der Waals surface area contributed by atoms with Crippen molar-refractivity contribution in [3.63, 3.8) is 0 Å². The van der Waals surface area contributed by atoms with Crippen LogP contribution in [0.5, 0.6) is 0 Å². The second kappa shape index (κ2) is 9.22. The highest BCUT2D eigenvalue weighted by Gasteiger charge is 2.44. The first-order valence-electron chi connectivity index (χ1n) is 11.5. The van der Waals surface area contributed by atoms with Crippen molar-refractivity contribution in [2.75, 3.05) is 18.1 Å². The normalized spacial score (nSPS) is 14.5. The van der Waals surface area contributed by atoms with Crippen LogP contribution in [0.1, 0.15) is 61.8 Å². The number of nitrogens with zero attached hydrogens (tertiary/aromatic N) is 6. The maximum absolute atomic E-state index is 13.0. The summed E-state index contributed by atoms with van der Waals surface area (Å²) in [5.41, 5.74) is 2.85. The zero-order valence-electron chi connectivity index (χ0n) is 20.5. The van der Waals surface area contributed by atoms with Crippen LogP contribution in [0.15, 0.2) is 47.8 Å². The minimum absolute atomic E-state index is 0.108. The van der Waals surface area contributed by atoms with Gasteiger partial charge in [0.1, 0.15) is 18.3 Å². The number of benzene rings is 1. The number of hydrogen-bond acceptors (Lipinski definition) is 7. The fraction of sp³-hybridized carbons (Fsp3) is 0.346. The highest BCUT2D eigenvalue weighted by atomic mass is 16.5. The average Bonchev–Trinajstić information content (AvgIpc) is 3.32. The van der Waals surface area contributed by atoms with Crippen LogP contribution in [0, 0.1) is 11.3 Å². The number of anilines is 1. The van der Waals surface area contributed by atoms with E-state index in [1.165, 1.54) is 0 Å². The molecule has 1 amide bonds. The summed E-state index contributed by atoms with van der Waals surface area (Å²) in [7, 11) is 0. The topological polar surface area (TPSA) is 103 Å². The Labute approximate surface area is 204 Å². The van der Waals surface area contributed by atoms with Crippen LogP contribution in [0.25, 0.3) is 5.52 Å². The molecule has 4 rings (SSSR count). The molecule has 0 atom stereocenters. The number of ether oxygens (including phenoxy) is 1. The van der Waals surface area contributed by atoms with E-state index in [9.17, 15) is 14.9 Å². The Morgan fingerprint density at radius 1 is 1.31 bits per heavy atom. The van der Waals surface area contributed by atoms with Gasteiger partial charge >= 0.3 is 5.97 Å². The second-order valence-electron chi connectivity index (χ2n) is 9.09. The summed E-state index contributed by atoms with van der Waals surface area (Å²) in [5.74, 6) is 0.0160. The third-order valence-electron chi connectivity index (χ3n) is 6.07. The van der Waals surface area contributed by atoms with Crippen molar-refractivity contribution in [2.24, 2.45) is 5.10 Å². The first-order chi connectivity index (χ1) is 16.7. The van der Waals surface area contributed by atoms with Gasteiger partial charge in [0.25, 0.3) is 5.91 Å². The Bertz CT molecular complexity index is 1370. The monoisotopic (exact) mass is 472 g/mol. The summed E-state index contributed by atoms with van der Waals surface area (Å²) < 4.78 is 7.03. The molecule has 0 N–H and O–H groups in total. The molecule has 9 heteroatoms. The van der Waals surface area contributed by atoms with Crippen molar-refractivity contribution in [2.45, 2.75) is 46.3 Å². The van der Waals surface area contributed by atoms with Gasteiger partial charge in [-0.2, -0.15) is 10.4 Å². The molecule has 9 nitrogen and oxygen atoms in total. The average molecular weight is 473 g/mol. The molecule has 3 heterocycles. The van der Waals surface area contributed by atoms with E-state index >= 15 is 0 Å². The van der Waals surface area contributed by atoms with Crippen LogP contribution in [0.3, 0.4) is 0 Å². The van der Waals surface area contributed by atoms with Crippen molar-refractivity contribution in [3.05, 3.63) is 65.1 Å². The number of carbonyl (C=O) groups excluding carboxylic acids is 2. The predicted molar refractivity (Wildman–Crippen MR) is 132 cm³/mol. The number of rotatable bonds is 7. The molecule has 0 unspecified atom stereocenters. The lowest BCUT2D eigenvalue weighted by Gasteiger charge is -2.32. The Balaban J connectivity index is 1.61. The molecule has 35 heavy (non-hydrogen) atoms. The minimum Gasteiger partial charge on any atom is -0.462 e. The minimum atomic E-state index is -0.677. The largest absolute Gasteiger partial charge is 0.462 e. The molecular weight excluding hydrogens is 444 g/mol. The molecule has 3 aromatic rings. The number of amides is 1. The number of hydrazone groups is 1. The SMILES string of the molecule is CCN(/N=C/c1ccc2c(c1)C(C)(C)N(CC(=O)OC(C)C)C2=O)c1nccn2c(C#N)ccc12. The lowest BCUT2D eigenvalue weighted by molar-refractivity contribution is -0.149. The van der Waals surface area contributed by atoms with E-state index < -0.39 is 11.5 Å². The van der Waals surface area contributed by atoms with Gasteiger partial charge < -0.3 is 14.0 Å². The lowest BCUT2D eigenvalue weighted by atomic mass is 9.92. The summed E-state index contributed by atoms with van der Waals surface area (Å²) >= 11 is 0. The van der Waals surface area contributed by atoms with E-state index in [1.807, 2.05) is 39.0 Å². The molecule has 0 spiro atoms. The van der Waals surface area contributed by atoms with Gasteiger partial charge in [0.15, 0.2) is 5.82 Å². The Hall–Kier alpha value is -4.19. The van der Waals surface area contributed by atoms with Crippen molar-refractivity contribution in [1.29, 1.82) is 5.26 Å². The van der Waals surface area contributed by atoms with Gasteiger partial charge in [-0.1, -0.05) is 6.07 Å². The van der Waals surface area contributed by atoms with Gasteiger partial charge in [0.2, 0.25) is 0 Å². The Kier molecular flexibility index (Phi) is 6.31. The van der Waals surface area contributed by atoms with E-state index in [0.29, 0.717) is 23.6 Å². The molecule has 1 aliphatic rings. The Morgan fingerprint density at radius 3 is 2.77 bits per heavy atom. The molecule has 1 aliphatic heterocycles. The van der Waals surface area contributed by atoms with Crippen LogP contribution in [0.2, 0.25) is 0 Å². The predicted octanol–water partition coefficient (Wildman–Crippen LogP) is 3.71. The molecule has 0 saturated carbocycles. The van der Waals surface area contributed by atoms with E-state index in [-0.39, 0.29) is 18.6 Å². The number of aromatic nitrogens is 2. The molecular formula is C26H28N6O3. The summed E-state index contributed by atoms with van der Waals surface area (Å²) in [6, 6.07) is 11.3. The zero-order chi connectivity index (χ0) is 25.3. The first kappa shape index (κ1) is 24.0. The number of nitriles is 1. The fourth-order valence-electron chi connectivity index (χ4n) is 4.32. The molecule has 180 valence electrons. The maximum Gasteiger partial charge on any atom is 0.325 e. The van der Waals surface area contributed by atoms with Gasteiger partial charge in [-0.15, -0.1) is 0 Å². The van der Waals surface area contributed by atoms with Gasteiger partial charge in [-0.3, -0.25) is 9.59 Å². The number of carbonyl (C=O) groups is 2. The third-order valence-corrected chi connectivity index (χ3v) is 6.07. The van der Waals surface area contributed by atoms with Gasteiger partial charge in [0, 0.05) is 24.5 Å². The van der Waals surface area contributed by atoms with Crippen LogP contribution in [-0.4, -0.2) is 51.6 Å². The van der Waals surface area contributed by atoms with Crippen LogP contribution in [-0.2, 0) is 15.1 Å². The second-order valence-corrected chi connectivity index (χ2v) is 9.09. The van der Waals surface area contributed by atoms with E-state index in [0.717, 1.165) is 16.6 Å². The molecule has 1 aromatic carbocycles. The summed E-state index contributed by atoms with van der Waals surface area (Å²) in [6.45, 7) is 9.83. The van der Waals surface area contributed by atoms with E-state index in [4.69, 9.17) is 4.74 Å². The molecule has 0 aliphatic carbocycles. The van der Waals surface area contributed by atoms with Gasteiger partial charge in [-0.05, 0) is 70.0 Å². The summed E-state index contributed by atoms with van der Waals surface area (Å²) in [4.78, 5) is 31.3. The van der Waals surface area contributed by atoms with E-state index in [2.05, 4.69) is 16.2 Å². The van der Waals surface area contributed by atoms with Crippen molar-refractivity contribution < 1.29 is 14.3 Å². The quantitative estimate of drug-likeness (QED) is 0.295. The molecule has 0 fully saturated rings. The smallest absolute Gasteiger partial charge is 0.325 e. The Morgan fingerprint density at radius 2 is 2.09 bits per heavy atom. The van der Waals surface area contributed by atoms with E-state index in [1.54, 1.807) is 58.9 Å². The highest BCUT2D eigenvalue weighted by Crippen LogP contribution is 2.39. The standard InChI is InChI=1S/C26H28N6O3/c1-6-32(24-22-10-8-19(14-27)30(22)12-11-28-24)29-15-18-7-9-20-21(13-18)26(4,5)31(25(20)34)16-23(33)35-17(2)3/h7-13,15,17H,6,16H2,1-5H3/b29-15+. The molecule has 0 radical (unpaired) electrons. The third kappa shape index (κ3) is 4.35. The van der Waals surface area contributed by atoms with Crippen molar-refractivity contribution in [1.82, 2.24) is 14.3 Å². The number of hydrogen-bond donors (Lipinski definition) is 0.